The summed E-state index contributed by atoms with van der Waals surface area (Å²) < 4.78 is 5.42. The zero-order chi connectivity index (χ0) is 15.6. The minimum atomic E-state index is -1.25. The molecule has 0 fully saturated rings. The number of carbonyl (C=O) groups is 1. The van der Waals surface area contributed by atoms with Crippen LogP contribution in [0.1, 0.15) is 10.4 Å². The number of nitro benzene ring substituents is 1. The van der Waals surface area contributed by atoms with Gasteiger partial charge in [-0.2, -0.15) is 0 Å². The fourth-order valence-corrected chi connectivity index (χ4v) is 2.11. The van der Waals surface area contributed by atoms with Crippen LogP contribution in [0.3, 0.4) is 0 Å². The molecular weight excluding hydrogens is 367 g/mol. The number of halogens is 2. The van der Waals surface area contributed by atoms with Crippen molar-refractivity contribution >= 4 is 39.2 Å². The van der Waals surface area contributed by atoms with E-state index in [-0.39, 0.29) is 32.5 Å². The molecular formula is C12H6BrClN2O5. The minimum Gasteiger partial charge on any atom is -0.477 e. The first-order chi connectivity index (χ1) is 9.90. The van der Waals surface area contributed by atoms with E-state index in [2.05, 4.69) is 20.9 Å². The van der Waals surface area contributed by atoms with Gasteiger partial charge in [0.25, 0.3) is 5.69 Å². The highest BCUT2D eigenvalue weighted by Gasteiger charge is 2.20. The molecule has 1 aromatic carbocycles. The second-order valence-electron chi connectivity index (χ2n) is 3.74. The first-order valence-corrected chi connectivity index (χ1v) is 6.58. The van der Waals surface area contributed by atoms with Gasteiger partial charge in [-0.1, -0.05) is 17.7 Å². The summed E-state index contributed by atoms with van der Waals surface area (Å²) in [7, 11) is 0. The topological polar surface area (TPSA) is 103 Å². The molecule has 0 atom stereocenters. The Kier molecular flexibility index (Phi) is 4.39. The molecule has 0 bridgehead atoms. The lowest BCUT2D eigenvalue weighted by Gasteiger charge is -2.09. The Morgan fingerprint density at radius 3 is 2.71 bits per heavy atom. The standard InChI is InChI=1S/C12H6BrClN2O5/c13-10-7(16(19)20)2-1-3-8(10)21-11-6(12(17)18)4-5-9(14)15-11/h1-5H,(H,17,18). The molecule has 108 valence electrons. The Hall–Kier alpha value is -2.19. The van der Waals surface area contributed by atoms with Crippen molar-refractivity contribution in [2.45, 2.75) is 0 Å². The number of nitro groups is 1. The number of pyridine rings is 1. The van der Waals surface area contributed by atoms with Gasteiger partial charge in [0.05, 0.1) is 4.92 Å². The Bertz CT molecular complexity index is 738. The SMILES string of the molecule is O=C(O)c1ccc(Cl)nc1Oc1cccc([N+](=O)[O-])c1Br. The first-order valence-electron chi connectivity index (χ1n) is 5.40. The van der Waals surface area contributed by atoms with E-state index < -0.39 is 10.9 Å². The van der Waals surface area contributed by atoms with Crippen LogP contribution in [0.25, 0.3) is 0 Å². The zero-order valence-corrected chi connectivity index (χ0v) is 12.5. The Morgan fingerprint density at radius 1 is 1.38 bits per heavy atom. The van der Waals surface area contributed by atoms with Gasteiger partial charge in [0.1, 0.15) is 15.2 Å². The average molecular weight is 374 g/mol. The molecule has 1 heterocycles. The predicted octanol–water partition coefficient (Wildman–Crippen LogP) is 3.90. The third kappa shape index (κ3) is 3.29. The number of hydrogen-bond donors (Lipinski definition) is 1. The minimum absolute atomic E-state index is 0.0385. The fraction of sp³-hybridized carbons (Fsp3) is 0. The van der Waals surface area contributed by atoms with E-state index in [0.717, 1.165) is 0 Å². The van der Waals surface area contributed by atoms with Gasteiger partial charge in [-0.05, 0) is 34.1 Å². The van der Waals surface area contributed by atoms with Crippen LogP contribution in [-0.4, -0.2) is 21.0 Å². The molecule has 0 spiro atoms. The summed E-state index contributed by atoms with van der Waals surface area (Å²) in [4.78, 5) is 25.1. The highest BCUT2D eigenvalue weighted by atomic mass is 79.9. The molecule has 1 N–H and O–H groups in total. The molecule has 0 saturated heterocycles. The van der Waals surface area contributed by atoms with E-state index in [0.29, 0.717) is 0 Å². The molecule has 0 aliphatic heterocycles. The Labute approximate surface area is 131 Å². The third-order valence-corrected chi connectivity index (χ3v) is 3.41. The van der Waals surface area contributed by atoms with Crippen LogP contribution in [0.5, 0.6) is 11.6 Å². The first kappa shape index (κ1) is 15.2. The normalized spacial score (nSPS) is 10.2. The molecule has 0 amide bonds. The second-order valence-corrected chi connectivity index (χ2v) is 4.92. The molecule has 0 unspecified atom stereocenters. The van der Waals surface area contributed by atoms with Crippen LogP contribution in [0.15, 0.2) is 34.8 Å². The largest absolute Gasteiger partial charge is 0.477 e. The van der Waals surface area contributed by atoms with Crippen molar-refractivity contribution in [3.05, 3.63) is 55.6 Å². The van der Waals surface area contributed by atoms with E-state index in [1.165, 1.54) is 30.3 Å². The van der Waals surface area contributed by atoms with Crippen LogP contribution < -0.4 is 4.74 Å². The number of aromatic carboxylic acids is 1. The Morgan fingerprint density at radius 2 is 2.10 bits per heavy atom. The third-order valence-electron chi connectivity index (χ3n) is 2.40. The number of aromatic nitrogens is 1. The lowest BCUT2D eigenvalue weighted by atomic mass is 10.2. The van der Waals surface area contributed by atoms with E-state index in [1.807, 2.05) is 0 Å². The van der Waals surface area contributed by atoms with Crippen LogP contribution in [0.2, 0.25) is 5.15 Å². The molecule has 9 heteroatoms. The highest BCUT2D eigenvalue weighted by molar-refractivity contribution is 9.10. The molecule has 1 aromatic heterocycles. The molecule has 2 rings (SSSR count). The van der Waals surface area contributed by atoms with Gasteiger partial charge in [-0.25, -0.2) is 9.78 Å². The second kappa shape index (κ2) is 6.06. The zero-order valence-electron chi connectivity index (χ0n) is 10.1. The van der Waals surface area contributed by atoms with Crippen LogP contribution in [0, 0.1) is 10.1 Å². The van der Waals surface area contributed by atoms with Gasteiger partial charge >= 0.3 is 5.97 Å². The summed E-state index contributed by atoms with van der Waals surface area (Å²) in [6, 6.07) is 6.66. The molecule has 0 aliphatic carbocycles. The maximum absolute atomic E-state index is 11.1. The highest BCUT2D eigenvalue weighted by Crippen LogP contribution is 2.37. The Balaban J connectivity index is 2.48. The molecule has 21 heavy (non-hydrogen) atoms. The van der Waals surface area contributed by atoms with Crippen LogP contribution in [-0.2, 0) is 0 Å². The van der Waals surface area contributed by atoms with Crippen molar-refractivity contribution in [3.8, 4) is 11.6 Å². The number of carboxylic acid groups (broad SMARTS) is 1. The van der Waals surface area contributed by atoms with Gasteiger partial charge < -0.3 is 9.84 Å². The summed E-state index contributed by atoms with van der Waals surface area (Å²) >= 11 is 8.75. The van der Waals surface area contributed by atoms with Crippen molar-refractivity contribution in [1.29, 1.82) is 0 Å². The monoisotopic (exact) mass is 372 g/mol. The van der Waals surface area contributed by atoms with Crippen molar-refractivity contribution in [1.82, 2.24) is 4.98 Å². The number of hydrogen-bond acceptors (Lipinski definition) is 5. The average Bonchev–Trinajstić information content (AvgIpc) is 2.40. The van der Waals surface area contributed by atoms with Crippen LogP contribution >= 0.6 is 27.5 Å². The van der Waals surface area contributed by atoms with Gasteiger partial charge in [0.15, 0.2) is 5.75 Å². The summed E-state index contributed by atoms with van der Waals surface area (Å²) in [6.45, 7) is 0. The van der Waals surface area contributed by atoms with E-state index in [1.54, 1.807) is 0 Å². The van der Waals surface area contributed by atoms with Crippen molar-refractivity contribution in [2.75, 3.05) is 0 Å². The molecule has 2 aromatic rings. The molecule has 0 radical (unpaired) electrons. The number of carboxylic acids is 1. The molecule has 0 saturated carbocycles. The quantitative estimate of drug-likeness (QED) is 0.495. The number of ether oxygens (including phenoxy) is 1. The van der Waals surface area contributed by atoms with Gasteiger partial charge in [-0.3, -0.25) is 10.1 Å². The molecule has 7 nitrogen and oxygen atoms in total. The maximum Gasteiger partial charge on any atom is 0.341 e. The summed E-state index contributed by atoms with van der Waals surface area (Å²) in [6.07, 6.45) is 0. The number of rotatable bonds is 4. The number of nitrogens with zero attached hydrogens (tertiary/aromatic N) is 2. The van der Waals surface area contributed by atoms with Crippen molar-refractivity contribution < 1.29 is 19.6 Å². The predicted molar refractivity (Wildman–Crippen MR) is 77.1 cm³/mol. The maximum atomic E-state index is 11.1. The smallest absolute Gasteiger partial charge is 0.341 e. The lowest BCUT2D eigenvalue weighted by molar-refractivity contribution is -0.385. The summed E-state index contributed by atoms with van der Waals surface area (Å²) in [5.74, 6) is -1.45. The summed E-state index contributed by atoms with van der Waals surface area (Å²) in [5.41, 5.74) is -0.427. The number of benzene rings is 1. The van der Waals surface area contributed by atoms with E-state index >= 15 is 0 Å². The van der Waals surface area contributed by atoms with Crippen molar-refractivity contribution in [3.63, 3.8) is 0 Å². The van der Waals surface area contributed by atoms with Gasteiger partial charge in [-0.15, -0.1) is 0 Å². The van der Waals surface area contributed by atoms with E-state index in [9.17, 15) is 14.9 Å². The molecule has 0 aliphatic rings. The summed E-state index contributed by atoms with van der Waals surface area (Å²) in [5, 5.41) is 19.9. The van der Waals surface area contributed by atoms with Gasteiger partial charge in [0, 0.05) is 6.07 Å². The van der Waals surface area contributed by atoms with Crippen molar-refractivity contribution in [2.24, 2.45) is 0 Å². The van der Waals surface area contributed by atoms with Gasteiger partial charge in [0.2, 0.25) is 5.88 Å². The van der Waals surface area contributed by atoms with E-state index in [4.69, 9.17) is 21.4 Å². The lowest BCUT2D eigenvalue weighted by Crippen LogP contribution is -2.02. The van der Waals surface area contributed by atoms with Crippen LogP contribution in [0.4, 0.5) is 5.69 Å². The fourth-order valence-electron chi connectivity index (χ4n) is 1.48.